The summed E-state index contributed by atoms with van der Waals surface area (Å²) < 4.78 is 5.92. The Labute approximate surface area is 122 Å². The van der Waals surface area contributed by atoms with Gasteiger partial charge in [0.15, 0.2) is 0 Å². The van der Waals surface area contributed by atoms with Gasteiger partial charge in [-0.25, -0.2) is 4.98 Å². The van der Waals surface area contributed by atoms with Crippen LogP contribution in [0.5, 0.6) is 5.88 Å². The Morgan fingerprint density at radius 3 is 2.95 bits per heavy atom. The first-order chi connectivity index (χ1) is 9.01. The van der Waals surface area contributed by atoms with Crippen molar-refractivity contribution in [1.29, 1.82) is 0 Å². The van der Waals surface area contributed by atoms with Crippen LogP contribution >= 0.6 is 23.4 Å². The second kappa shape index (κ2) is 6.01. The third-order valence-electron chi connectivity index (χ3n) is 3.27. The van der Waals surface area contributed by atoms with Gasteiger partial charge >= 0.3 is 0 Å². The number of nitrogens with zero attached hydrogens (tertiary/aromatic N) is 1. The van der Waals surface area contributed by atoms with E-state index in [0.29, 0.717) is 24.0 Å². The van der Waals surface area contributed by atoms with E-state index in [0.717, 1.165) is 10.5 Å². The van der Waals surface area contributed by atoms with Crippen LogP contribution in [0.25, 0.3) is 0 Å². The Balaban J connectivity index is 2.16. The minimum atomic E-state index is -0.0739. The van der Waals surface area contributed by atoms with Crippen molar-refractivity contribution in [1.82, 2.24) is 10.3 Å². The molecule has 6 heteroatoms. The van der Waals surface area contributed by atoms with E-state index in [-0.39, 0.29) is 17.9 Å². The largest absolute Gasteiger partial charge is 0.473 e. The first-order valence-corrected chi connectivity index (χ1v) is 7.76. The van der Waals surface area contributed by atoms with Crippen LogP contribution in [0, 0.1) is 12.8 Å². The minimum Gasteiger partial charge on any atom is -0.473 e. The molecule has 0 saturated carbocycles. The predicted molar refractivity (Wildman–Crippen MR) is 77.0 cm³/mol. The number of hydrogen-bond acceptors (Lipinski definition) is 4. The molecular formula is C13H17ClN2O2S. The molecule has 1 saturated heterocycles. The third kappa shape index (κ3) is 3.34. The fraction of sp³-hybridized carbons (Fsp3) is 0.538. The number of thioether (sulfide) groups is 1. The van der Waals surface area contributed by atoms with Gasteiger partial charge in [0.1, 0.15) is 11.3 Å². The average molecular weight is 301 g/mol. The molecular weight excluding hydrogens is 284 g/mol. The van der Waals surface area contributed by atoms with Gasteiger partial charge in [0.25, 0.3) is 0 Å². The van der Waals surface area contributed by atoms with E-state index >= 15 is 0 Å². The maximum absolute atomic E-state index is 11.2. The van der Waals surface area contributed by atoms with Crippen molar-refractivity contribution in [3.8, 4) is 5.88 Å². The molecule has 1 aromatic heterocycles. The Kier molecular flexibility index (Phi) is 4.58. The molecule has 0 radical (unpaired) electrons. The Morgan fingerprint density at radius 2 is 2.37 bits per heavy atom. The van der Waals surface area contributed by atoms with Gasteiger partial charge in [-0.15, -0.1) is 11.8 Å². The molecule has 1 aromatic rings. The number of halogens is 1. The molecule has 1 amide bonds. The summed E-state index contributed by atoms with van der Waals surface area (Å²) in [6.45, 7) is 4.61. The highest BCUT2D eigenvalue weighted by molar-refractivity contribution is 7.98. The number of pyridine rings is 1. The Morgan fingerprint density at radius 1 is 1.63 bits per heavy atom. The van der Waals surface area contributed by atoms with Gasteiger partial charge in [-0.3, -0.25) is 4.79 Å². The normalized spacial score (nSPS) is 20.2. The summed E-state index contributed by atoms with van der Waals surface area (Å²) in [6, 6.07) is 1.82. The Bertz CT molecular complexity index is 496. The van der Waals surface area contributed by atoms with Crippen molar-refractivity contribution in [3.63, 3.8) is 0 Å². The van der Waals surface area contributed by atoms with Crippen LogP contribution in [0.15, 0.2) is 11.0 Å². The summed E-state index contributed by atoms with van der Waals surface area (Å²) in [4.78, 5) is 16.5. The zero-order valence-electron chi connectivity index (χ0n) is 11.2. The van der Waals surface area contributed by atoms with Crippen LogP contribution in [0.4, 0.5) is 0 Å². The summed E-state index contributed by atoms with van der Waals surface area (Å²) in [6.07, 6.45) is 2.42. The molecule has 1 aliphatic heterocycles. The summed E-state index contributed by atoms with van der Waals surface area (Å²) >= 11 is 7.57. The number of aryl methyl sites for hydroxylation is 1. The van der Waals surface area contributed by atoms with Gasteiger partial charge in [-0.2, -0.15) is 0 Å². The van der Waals surface area contributed by atoms with E-state index in [1.54, 1.807) is 11.8 Å². The van der Waals surface area contributed by atoms with Crippen molar-refractivity contribution in [2.45, 2.75) is 31.3 Å². The zero-order valence-corrected chi connectivity index (χ0v) is 12.8. The molecule has 0 unspecified atom stereocenters. The Hall–Kier alpha value is -0.940. The van der Waals surface area contributed by atoms with E-state index in [1.165, 1.54) is 0 Å². The summed E-state index contributed by atoms with van der Waals surface area (Å²) in [5.74, 6) is 0.827. The molecule has 19 heavy (non-hydrogen) atoms. The number of rotatable bonds is 4. The second-order valence-electron chi connectivity index (χ2n) is 4.69. The molecule has 1 aliphatic rings. The summed E-state index contributed by atoms with van der Waals surface area (Å²) in [5, 5.41) is 3.25. The fourth-order valence-corrected chi connectivity index (χ4v) is 3.04. The van der Waals surface area contributed by atoms with Gasteiger partial charge in [0.05, 0.1) is 4.90 Å². The molecule has 0 aromatic carbocycles. The molecule has 104 valence electrons. The van der Waals surface area contributed by atoms with Crippen LogP contribution < -0.4 is 10.1 Å². The highest BCUT2D eigenvalue weighted by Crippen LogP contribution is 2.33. The highest BCUT2D eigenvalue weighted by Gasteiger charge is 2.28. The number of carbonyl (C=O) groups is 1. The number of nitrogens with one attached hydrogen (secondary N) is 1. The lowest BCUT2D eigenvalue weighted by molar-refractivity contribution is -0.119. The van der Waals surface area contributed by atoms with Crippen molar-refractivity contribution < 1.29 is 9.53 Å². The quantitative estimate of drug-likeness (QED) is 0.686. The average Bonchev–Trinajstić information content (AvgIpc) is 2.75. The summed E-state index contributed by atoms with van der Waals surface area (Å²) in [7, 11) is 0. The van der Waals surface area contributed by atoms with Gasteiger partial charge in [0.2, 0.25) is 11.8 Å². The standard InChI is InChI=1S/C13H17ClN2O2S/c1-7-4-10(14)16-13(12(7)19-3)18-8(2)9-5-11(17)15-6-9/h4,8-9H,5-6H2,1-3H3,(H,15,17)/t8-,9-/m1/s1. The fourth-order valence-electron chi connectivity index (χ4n) is 2.15. The smallest absolute Gasteiger partial charge is 0.229 e. The molecule has 2 heterocycles. The lowest BCUT2D eigenvalue weighted by Crippen LogP contribution is -2.26. The van der Waals surface area contributed by atoms with Gasteiger partial charge < -0.3 is 10.1 Å². The number of aromatic nitrogens is 1. The monoisotopic (exact) mass is 300 g/mol. The van der Waals surface area contributed by atoms with Crippen LogP contribution in [-0.2, 0) is 4.79 Å². The molecule has 0 bridgehead atoms. The van der Waals surface area contributed by atoms with E-state index in [9.17, 15) is 4.79 Å². The number of amides is 1. The second-order valence-corrected chi connectivity index (χ2v) is 5.90. The van der Waals surface area contributed by atoms with E-state index in [2.05, 4.69) is 10.3 Å². The lowest BCUT2D eigenvalue weighted by Gasteiger charge is -2.21. The van der Waals surface area contributed by atoms with Gasteiger partial charge in [-0.05, 0) is 31.7 Å². The maximum atomic E-state index is 11.2. The van der Waals surface area contributed by atoms with Crippen molar-refractivity contribution in [2.75, 3.05) is 12.8 Å². The first kappa shape index (κ1) is 14.5. The van der Waals surface area contributed by atoms with E-state index in [4.69, 9.17) is 16.3 Å². The molecule has 0 aliphatic carbocycles. The van der Waals surface area contributed by atoms with Crippen molar-refractivity contribution in [3.05, 3.63) is 16.8 Å². The van der Waals surface area contributed by atoms with Crippen LogP contribution in [0.1, 0.15) is 18.9 Å². The zero-order chi connectivity index (χ0) is 14.0. The molecule has 1 N–H and O–H groups in total. The van der Waals surface area contributed by atoms with Crippen molar-refractivity contribution in [2.24, 2.45) is 5.92 Å². The first-order valence-electron chi connectivity index (χ1n) is 6.15. The maximum Gasteiger partial charge on any atom is 0.229 e. The van der Waals surface area contributed by atoms with Crippen molar-refractivity contribution >= 4 is 29.3 Å². The van der Waals surface area contributed by atoms with Crippen LogP contribution in [0.2, 0.25) is 5.15 Å². The SMILES string of the molecule is CSc1c(C)cc(Cl)nc1O[C@H](C)[C@H]1CNC(=O)C1. The third-order valence-corrected chi connectivity index (χ3v) is 4.37. The van der Waals surface area contributed by atoms with Gasteiger partial charge in [-0.1, -0.05) is 11.6 Å². The summed E-state index contributed by atoms with van der Waals surface area (Å²) in [5.41, 5.74) is 1.05. The van der Waals surface area contributed by atoms with Crippen LogP contribution in [0.3, 0.4) is 0 Å². The molecule has 2 rings (SSSR count). The molecule has 2 atom stereocenters. The minimum absolute atomic E-state index is 0.0739. The molecule has 4 nitrogen and oxygen atoms in total. The van der Waals surface area contributed by atoms with Crippen LogP contribution in [-0.4, -0.2) is 29.8 Å². The lowest BCUT2D eigenvalue weighted by atomic mass is 10.0. The topological polar surface area (TPSA) is 51.2 Å². The van der Waals surface area contributed by atoms with Gasteiger partial charge in [0, 0.05) is 18.9 Å². The molecule has 1 fully saturated rings. The molecule has 0 spiro atoms. The number of carbonyl (C=O) groups excluding carboxylic acids is 1. The van der Waals surface area contributed by atoms with E-state index < -0.39 is 0 Å². The van der Waals surface area contributed by atoms with E-state index in [1.807, 2.05) is 26.2 Å². The number of ether oxygens (including phenoxy) is 1. The highest BCUT2D eigenvalue weighted by atomic mass is 35.5. The number of hydrogen-bond donors (Lipinski definition) is 1. The predicted octanol–water partition coefficient (Wildman–Crippen LogP) is 2.67.